The molecule has 1 fully saturated rings. The first kappa shape index (κ1) is 17.1. The number of benzene rings is 1. The fraction of sp³-hybridized carbons (Fsp3) is 0.350. The van der Waals surface area contributed by atoms with Crippen molar-refractivity contribution in [3.05, 3.63) is 59.9 Å². The van der Waals surface area contributed by atoms with E-state index in [0.717, 1.165) is 31.4 Å². The molecule has 0 bridgehead atoms. The molecule has 2 aromatic rings. The van der Waals surface area contributed by atoms with Crippen molar-refractivity contribution in [3.63, 3.8) is 0 Å². The zero-order chi connectivity index (χ0) is 17.6. The van der Waals surface area contributed by atoms with Crippen molar-refractivity contribution in [2.24, 2.45) is 0 Å². The molecule has 5 nitrogen and oxygen atoms in total. The molecule has 0 saturated heterocycles. The van der Waals surface area contributed by atoms with Gasteiger partial charge in [-0.2, -0.15) is 0 Å². The van der Waals surface area contributed by atoms with Crippen molar-refractivity contribution in [1.29, 1.82) is 0 Å². The van der Waals surface area contributed by atoms with Gasteiger partial charge in [-0.3, -0.25) is 14.6 Å². The van der Waals surface area contributed by atoms with Crippen LogP contribution in [0, 0.1) is 0 Å². The summed E-state index contributed by atoms with van der Waals surface area (Å²) in [5.74, 6) is -0.338. The number of nitrogens with one attached hydrogen (secondary N) is 1. The zero-order valence-electron chi connectivity index (χ0n) is 14.4. The maximum absolute atomic E-state index is 12.9. The molecule has 1 aromatic heterocycles. The lowest BCUT2D eigenvalue weighted by Crippen LogP contribution is -2.34. The third-order valence-electron chi connectivity index (χ3n) is 4.56. The number of carbonyl (C=O) groups excluding carboxylic acids is 2. The van der Waals surface area contributed by atoms with Gasteiger partial charge >= 0.3 is 0 Å². The average Bonchev–Trinajstić information content (AvgIpc) is 3.16. The van der Waals surface area contributed by atoms with Crippen LogP contribution in [0.3, 0.4) is 0 Å². The van der Waals surface area contributed by atoms with Gasteiger partial charge in [0.2, 0.25) is 0 Å². The summed E-state index contributed by atoms with van der Waals surface area (Å²) >= 11 is 0. The molecular weight excluding hydrogens is 314 g/mol. The second kappa shape index (κ2) is 7.92. The SMILES string of the molecule is CCN(C(=O)c1ccnc(C(=O)NC2CCCC2)c1)c1ccccc1. The molecule has 130 valence electrons. The third-order valence-corrected chi connectivity index (χ3v) is 4.56. The molecular formula is C20H23N3O2. The van der Waals surface area contributed by atoms with E-state index < -0.39 is 0 Å². The van der Waals surface area contributed by atoms with E-state index in [-0.39, 0.29) is 17.9 Å². The summed E-state index contributed by atoms with van der Waals surface area (Å²) in [5.41, 5.74) is 1.60. The van der Waals surface area contributed by atoms with E-state index in [1.807, 2.05) is 37.3 Å². The molecule has 2 amide bonds. The van der Waals surface area contributed by atoms with Crippen molar-refractivity contribution >= 4 is 17.5 Å². The van der Waals surface area contributed by atoms with Crippen LogP contribution in [0.25, 0.3) is 0 Å². The first-order valence-electron chi connectivity index (χ1n) is 8.83. The number of hydrogen-bond acceptors (Lipinski definition) is 3. The van der Waals surface area contributed by atoms with Crippen LogP contribution in [0.1, 0.15) is 53.5 Å². The van der Waals surface area contributed by atoms with E-state index in [2.05, 4.69) is 10.3 Å². The second-order valence-electron chi connectivity index (χ2n) is 6.27. The quantitative estimate of drug-likeness (QED) is 0.909. The molecule has 0 radical (unpaired) electrons. The van der Waals surface area contributed by atoms with Crippen molar-refractivity contribution in [2.75, 3.05) is 11.4 Å². The number of pyridine rings is 1. The van der Waals surface area contributed by atoms with Crippen molar-refractivity contribution in [3.8, 4) is 0 Å². The summed E-state index contributed by atoms with van der Waals surface area (Å²) in [5, 5.41) is 3.01. The summed E-state index contributed by atoms with van der Waals surface area (Å²) in [6.45, 7) is 2.48. The Morgan fingerprint density at radius 3 is 2.56 bits per heavy atom. The smallest absolute Gasteiger partial charge is 0.270 e. The Morgan fingerprint density at radius 1 is 1.16 bits per heavy atom. The van der Waals surface area contributed by atoms with Gasteiger partial charge in [0.25, 0.3) is 11.8 Å². The Hall–Kier alpha value is -2.69. The molecule has 1 saturated carbocycles. The molecule has 0 spiro atoms. The fourth-order valence-corrected chi connectivity index (χ4v) is 3.22. The summed E-state index contributed by atoms with van der Waals surface area (Å²) < 4.78 is 0. The van der Waals surface area contributed by atoms with Gasteiger partial charge in [0, 0.05) is 30.0 Å². The van der Waals surface area contributed by atoms with Gasteiger partial charge in [-0.05, 0) is 44.0 Å². The van der Waals surface area contributed by atoms with Gasteiger partial charge < -0.3 is 10.2 Å². The number of carbonyl (C=O) groups is 2. The maximum Gasteiger partial charge on any atom is 0.270 e. The van der Waals surface area contributed by atoms with Crippen LogP contribution in [-0.2, 0) is 0 Å². The van der Waals surface area contributed by atoms with Gasteiger partial charge in [0.15, 0.2) is 0 Å². The van der Waals surface area contributed by atoms with Gasteiger partial charge in [0.1, 0.15) is 5.69 Å². The molecule has 5 heteroatoms. The Morgan fingerprint density at radius 2 is 1.88 bits per heavy atom. The molecule has 1 aliphatic carbocycles. The molecule has 0 aliphatic heterocycles. The predicted octanol–water partition coefficient (Wildman–Crippen LogP) is 3.42. The standard InChI is InChI=1S/C20H23N3O2/c1-2-23(17-10-4-3-5-11-17)20(25)15-12-13-21-18(14-15)19(24)22-16-8-6-7-9-16/h3-5,10-14,16H,2,6-9H2,1H3,(H,22,24). The minimum Gasteiger partial charge on any atom is -0.348 e. The second-order valence-corrected chi connectivity index (χ2v) is 6.27. The predicted molar refractivity (Wildman–Crippen MR) is 97.8 cm³/mol. The Labute approximate surface area is 148 Å². The van der Waals surface area contributed by atoms with E-state index in [9.17, 15) is 9.59 Å². The number of nitrogens with zero attached hydrogens (tertiary/aromatic N) is 2. The van der Waals surface area contributed by atoms with Crippen LogP contribution in [0.5, 0.6) is 0 Å². The molecule has 1 aromatic carbocycles. The first-order chi connectivity index (χ1) is 12.2. The van der Waals surface area contributed by atoms with Gasteiger partial charge in [-0.1, -0.05) is 31.0 Å². The van der Waals surface area contributed by atoms with Crippen molar-refractivity contribution < 1.29 is 9.59 Å². The molecule has 1 heterocycles. The van der Waals surface area contributed by atoms with Crippen molar-refractivity contribution in [2.45, 2.75) is 38.6 Å². The lowest BCUT2D eigenvalue weighted by atomic mass is 10.1. The van der Waals surface area contributed by atoms with Crippen LogP contribution < -0.4 is 10.2 Å². The van der Waals surface area contributed by atoms with Crippen LogP contribution in [0.2, 0.25) is 0 Å². The van der Waals surface area contributed by atoms with Gasteiger partial charge in [-0.25, -0.2) is 0 Å². The summed E-state index contributed by atoms with van der Waals surface area (Å²) in [7, 11) is 0. The van der Waals surface area contributed by atoms with E-state index in [4.69, 9.17) is 0 Å². The number of hydrogen-bond donors (Lipinski definition) is 1. The lowest BCUT2D eigenvalue weighted by Gasteiger charge is -2.21. The summed E-state index contributed by atoms with van der Waals surface area (Å²) in [6, 6.07) is 13.0. The van der Waals surface area contributed by atoms with E-state index in [1.54, 1.807) is 17.0 Å². The van der Waals surface area contributed by atoms with Crippen LogP contribution >= 0.6 is 0 Å². The first-order valence-corrected chi connectivity index (χ1v) is 8.83. The van der Waals surface area contributed by atoms with E-state index in [1.165, 1.54) is 6.20 Å². The Balaban J connectivity index is 1.77. The van der Waals surface area contributed by atoms with Gasteiger partial charge in [0.05, 0.1) is 0 Å². The molecule has 0 atom stereocenters. The summed E-state index contributed by atoms with van der Waals surface area (Å²) in [6.07, 6.45) is 5.86. The zero-order valence-corrected chi connectivity index (χ0v) is 14.4. The number of amides is 2. The third kappa shape index (κ3) is 4.05. The van der Waals surface area contributed by atoms with E-state index in [0.29, 0.717) is 17.8 Å². The van der Waals surface area contributed by atoms with Crippen LogP contribution in [0.4, 0.5) is 5.69 Å². The highest BCUT2D eigenvalue weighted by atomic mass is 16.2. The maximum atomic E-state index is 12.9. The average molecular weight is 337 g/mol. The van der Waals surface area contributed by atoms with E-state index >= 15 is 0 Å². The van der Waals surface area contributed by atoms with Crippen LogP contribution in [-0.4, -0.2) is 29.4 Å². The minimum atomic E-state index is -0.204. The molecule has 3 rings (SSSR count). The largest absolute Gasteiger partial charge is 0.348 e. The van der Waals surface area contributed by atoms with Gasteiger partial charge in [-0.15, -0.1) is 0 Å². The number of aromatic nitrogens is 1. The molecule has 25 heavy (non-hydrogen) atoms. The minimum absolute atomic E-state index is 0.133. The fourth-order valence-electron chi connectivity index (χ4n) is 3.22. The number of para-hydroxylation sites is 1. The lowest BCUT2D eigenvalue weighted by molar-refractivity contribution is 0.0933. The molecule has 0 unspecified atom stereocenters. The highest BCUT2D eigenvalue weighted by Crippen LogP contribution is 2.19. The van der Waals surface area contributed by atoms with Crippen LogP contribution in [0.15, 0.2) is 48.7 Å². The molecule has 1 aliphatic rings. The Kier molecular flexibility index (Phi) is 5.43. The highest BCUT2D eigenvalue weighted by Gasteiger charge is 2.21. The summed E-state index contributed by atoms with van der Waals surface area (Å²) in [4.78, 5) is 31.1. The van der Waals surface area contributed by atoms with Crippen molar-refractivity contribution in [1.82, 2.24) is 10.3 Å². The normalized spacial score (nSPS) is 14.3. The number of anilines is 1. The number of rotatable bonds is 5. The Bertz CT molecular complexity index is 740. The topological polar surface area (TPSA) is 62.3 Å². The molecule has 1 N–H and O–H groups in total. The highest BCUT2D eigenvalue weighted by molar-refractivity contribution is 6.07. The monoisotopic (exact) mass is 337 g/mol.